The van der Waals surface area contributed by atoms with E-state index in [1.807, 2.05) is 19.1 Å². The van der Waals surface area contributed by atoms with Gasteiger partial charge in [-0.2, -0.15) is 5.10 Å². The van der Waals surface area contributed by atoms with Gasteiger partial charge in [0.2, 0.25) is 0 Å². The first-order valence-electron chi connectivity index (χ1n) is 11.3. The Hall–Kier alpha value is -3.04. The van der Waals surface area contributed by atoms with Crippen LogP contribution < -0.4 is 15.8 Å². The number of nitrogens with one attached hydrogen (secondary N) is 2. The normalized spacial score (nSPS) is 14.9. The molecule has 1 aromatic heterocycles. The lowest BCUT2D eigenvalue weighted by Crippen LogP contribution is -2.42. The zero-order valence-electron chi connectivity index (χ0n) is 18.6. The fraction of sp³-hybridized carbons (Fsp3) is 0.375. The van der Waals surface area contributed by atoms with Crippen LogP contribution in [-0.4, -0.2) is 24.1 Å². The van der Waals surface area contributed by atoms with Crippen molar-refractivity contribution in [1.29, 1.82) is 0 Å². The zero-order valence-corrected chi connectivity index (χ0v) is 19.4. The highest BCUT2D eigenvalue weighted by Gasteiger charge is 2.21. The summed E-state index contributed by atoms with van der Waals surface area (Å²) in [5.74, 6) is -0.264. The van der Waals surface area contributed by atoms with Gasteiger partial charge in [-0.05, 0) is 48.9 Å². The van der Waals surface area contributed by atoms with E-state index in [1.165, 1.54) is 23.9 Å². The lowest BCUT2D eigenvalue weighted by Gasteiger charge is -2.22. The van der Waals surface area contributed by atoms with Crippen molar-refractivity contribution in [2.24, 2.45) is 0 Å². The van der Waals surface area contributed by atoms with Crippen LogP contribution in [0, 0.1) is 0 Å². The van der Waals surface area contributed by atoms with Gasteiger partial charge in [0.05, 0.1) is 10.3 Å². The van der Waals surface area contributed by atoms with Crippen LogP contribution in [0.5, 0.6) is 0 Å². The van der Waals surface area contributed by atoms with Gasteiger partial charge >= 0.3 is 0 Å². The number of hydrogen-bond donors (Lipinski definition) is 2. The largest absolute Gasteiger partial charge is 0.287 e. The molecular formula is C24H28N4O4S. The second-order valence-electron chi connectivity index (χ2n) is 8.39. The van der Waals surface area contributed by atoms with E-state index in [4.69, 9.17) is 0 Å². The number of carbonyl (C=O) groups excluding carboxylic acids is 1. The fourth-order valence-electron chi connectivity index (χ4n) is 4.35. The predicted octanol–water partition coefficient (Wildman–Crippen LogP) is 3.48. The zero-order chi connectivity index (χ0) is 23.4. The number of aryl methyl sites for hydroxylation is 1. The minimum absolute atomic E-state index is 0.0194. The van der Waals surface area contributed by atoms with Crippen molar-refractivity contribution in [2.75, 3.05) is 0 Å². The maximum Gasteiger partial charge on any atom is 0.287 e. The summed E-state index contributed by atoms with van der Waals surface area (Å²) >= 11 is 0. The van der Waals surface area contributed by atoms with Crippen LogP contribution in [0.15, 0.2) is 58.2 Å². The summed E-state index contributed by atoms with van der Waals surface area (Å²) in [5, 5.41) is 4.90. The molecule has 9 heteroatoms. The summed E-state index contributed by atoms with van der Waals surface area (Å²) in [6.45, 7) is 2.25. The molecule has 4 rings (SSSR count). The van der Waals surface area contributed by atoms with Crippen LogP contribution in [0.2, 0.25) is 0 Å². The molecule has 0 unspecified atom stereocenters. The Morgan fingerprint density at radius 2 is 1.70 bits per heavy atom. The average molecular weight is 469 g/mol. The molecule has 174 valence electrons. The first kappa shape index (κ1) is 23.1. The van der Waals surface area contributed by atoms with Crippen LogP contribution in [-0.2, 0) is 16.6 Å². The van der Waals surface area contributed by atoms with Gasteiger partial charge in [0.15, 0.2) is 5.69 Å². The van der Waals surface area contributed by atoms with Crippen LogP contribution in [0.3, 0.4) is 0 Å². The smallest absolute Gasteiger partial charge is 0.272 e. The molecule has 2 aromatic carbocycles. The van der Waals surface area contributed by atoms with Crippen LogP contribution in [0.25, 0.3) is 10.8 Å². The average Bonchev–Trinajstić information content (AvgIpc) is 2.85. The van der Waals surface area contributed by atoms with E-state index in [-0.39, 0.29) is 16.1 Å². The summed E-state index contributed by atoms with van der Waals surface area (Å²) in [5.41, 5.74) is 3.08. The van der Waals surface area contributed by atoms with Crippen LogP contribution in [0.1, 0.15) is 67.4 Å². The van der Waals surface area contributed by atoms with E-state index in [2.05, 4.69) is 15.4 Å². The van der Waals surface area contributed by atoms with Gasteiger partial charge in [-0.15, -0.1) is 4.83 Å². The summed E-state index contributed by atoms with van der Waals surface area (Å²) < 4.78 is 26.7. The Morgan fingerprint density at radius 1 is 1.03 bits per heavy atom. The molecule has 0 saturated heterocycles. The van der Waals surface area contributed by atoms with E-state index in [0.29, 0.717) is 29.7 Å². The molecule has 0 spiro atoms. The molecule has 0 aliphatic heterocycles. The molecule has 1 aliphatic rings. The van der Waals surface area contributed by atoms with Gasteiger partial charge in [-0.3, -0.25) is 15.0 Å². The first-order chi connectivity index (χ1) is 15.9. The van der Waals surface area contributed by atoms with E-state index in [1.54, 1.807) is 36.4 Å². The Labute approximate surface area is 193 Å². The molecule has 1 heterocycles. The van der Waals surface area contributed by atoms with Crippen molar-refractivity contribution in [1.82, 2.24) is 20.0 Å². The molecule has 1 saturated carbocycles. The molecule has 2 N–H and O–H groups in total. The number of hydrazine groups is 1. The number of benzene rings is 2. The molecule has 0 atom stereocenters. The van der Waals surface area contributed by atoms with Gasteiger partial charge in [-0.1, -0.05) is 56.5 Å². The number of fused-ring (bicyclic) bond motifs is 1. The molecule has 1 fully saturated rings. The monoisotopic (exact) mass is 468 g/mol. The van der Waals surface area contributed by atoms with Crippen molar-refractivity contribution in [2.45, 2.75) is 62.8 Å². The third-order valence-electron chi connectivity index (χ3n) is 6.08. The molecular weight excluding hydrogens is 440 g/mol. The predicted molar refractivity (Wildman–Crippen MR) is 126 cm³/mol. The van der Waals surface area contributed by atoms with E-state index < -0.39 is 15.9 Å². The number of rotatable bonds is 7. The van der Waals surface area contributed by atoms with Crippen molar-refractivity contribution >= 4 is 26.7 Å². The molecule has 8 nitrogen and oxygen atoms in total. The molecule has 3 aromatic rings. The van der Waals surface area contributed by atoms with Gasteiger partial charge in [0, 0.05) is 11.9 Å². The Morgan fingerprint density at radius 3 is 2.36 bits per heavy atom. The summed E-state index contributed by atoms with van der Waals surface area (Å²) in [4.78, 5) is 27.7. The minimum Gasteiger partial charge on any atom is -0.272 e. The second kappa shape index (κ2) is 9.84. The maximum atomic E-state index is 12.8. The first-order valence-corrected chi connectivity index (χ1v) is 12.8. The van der Waals surface area contributed by atoms with Crippen LogP contribution >= 0.6 is 0 Å². The summed E-state index contributed by atoms with van der Waals surface area (Å²) in [6.07, 6.45) is 6.57. The third kappa shape index (κ3) is 4.99. The van der Waals surface area contributed by atoms with E-state index >= 15 is 0 Å². The number of carbonyl (C=O) groups is 1. The number of nitrogens with zero attached hydrogens (tertiary/aromatic N) is 2. The van der Waals surface area contributed by atoms with Crippen LogP contribution in [0.4, 0.5) is 0 Å². The van der Waals surface area contributed by atoms with E-state index in [9.17, 15) is 18.0 Å². The van der Waals surface area contributed by atoms with Gasteiger partial charge in [-0.25, -0.2) is 13.1 Å². The Balaban J connectivity index is 1.53. The van der Waals surface area contributed by atoms with Gasteiger partial charge < -0.3 is 0 Å². The summed E-state index contributed by atoms with van der Waals surface area (Å²) in [6, 6.07) is 13.5. The molecule has 33 heavy (non-hydrogen) atoms. The van der Waals surface area contributed by atoms with Gasteiger partial charge in [0.25, 0.3) is 21.5 Å². The van der Waals surface area contributed by atoms with E-state index in [0.717, 1.165) is 18.4 Å². The highest BCUT2D eigenvalue weighted by molar-refractivity contribution is 7.89. The van der Waals surface area contributed by atoms with Crippen molar-refractivity contribution < 1.29 is 13.2 Å². The highest BCUT2D eigenvalue weighted by atomic mass is 32.2. The number of hydrogen-bond acceptors (Lipinski definition) is 5. The number of amides is 1. The van der Waals surface area contributed by atoms with Crippen molar-refractivity contribution in [3.8, 4) is 0 Å². The van der Waals surface area contributed by atoms with Gasteiger partial charge in [0.1, 0.15) is 0 Å². The summed E-state index contributed by atoms with van der Waals surface area (Å²) in [7, 11) is -3.97. The second-order valence-corrected chi connectivity index (χ2v) is 10.1. The molecule has 0 radical (unpaired) electrons. The SMILES string of the molecule is CCCn1nc(C(=O)NNS(=O)(=O)c2ccc(C3CCCCC3)cc2)c2ccccc2c1=O. The number of aromatic nitrogens is 2. The standard InChI is InChI=1S/C24H28N4O4S/c1-2-16-28-24(30)21-11-7-6-10-20(21)22(26-28)23(29)25-27-33(31,32)19-14-12-18(13-15-19)17-8-4-3-5-9-17/h6-7,10-15,17,27H,2-5,8-9,16H2,1H3,(H,25,29). The minimum atomic E-state index is -3.97. The quantitative estimate of drug-likeness (QED) is 0.516. The fourth-order valence-corrected chi connectivity index (χ4v) is 5.19. The lowest BCUT2D eigenvalue weighted by molar-refractivity contribution is 0.0939. The number of sulfonamides is 1. The highest BCUT2D eigenvalue weighted by Crippen LogP contribution is 2.32. The van der Waals surface area contributed by atoms with Crippen molar-refractivity contribution in [3.63, 3.8) is 0 Å². The topological polar surface area (TPSA) is 110 Å². The third-order valence-corrected chi connectivity index (χ3v) is 7.35. The molecule has 1 aliphatic carbocycles. The van der Waals surface area contributed by atoms with Crippen molar-refractivity contribution in [3.05, 3.63) is 70.1 Å². The maximum absolute atomic E-state index is 12.8. The molecule has 1 amide bonds. The Bertz CT molecular complexity index is 1310. The lowest BCUT2D eigenvalue weighted by atomic mass is 9.84. The molecule has 0 bridgehead atoms. The Kier molecular flexibility index (Phi) is 6.90.